The molecule has 132 valence electrons. The van der Waals surface area contributed by atoms with E-state index in [1.807, 2.05) is 10.1 Å². The summed E-state index contributed by atoms with van der Waals surface area (Å²) in [6.45, 7) is -0.269. The summed E-state index contributed by atoms with van der Waals surface area (Å²) in [4.78, 5) is 35.9. The quantitative estimate of drug-likeness (QED) is 0.371. The maximum absolute atomic E-state index is 11.7. The minimum absolute atomic E-state index is 0.187. The van der Waals surface area contributed by atoms with Gasteiger partial charge in [0.2, 0.25) is 5.82 Å². The highest BCUT2D eigenvalue weighted by molar-refractivity contribution is 5.86. The Kier molecular flexibility index (Phi) is 5.87. The SMILES string of the molecule is COc1ccc(OC)c(C=NNC(=O)CNc2n[nH]c(=O)[nH]c2=O)c1. The lowest BCUT2D eigenvalue weighted by atomic mass is 10.2. The number of amides is 1. The molecule has 0 bridgehead atoms. The van der Waals surface area contributed by atoms with E-state index in [0.717, 1.165) is 0 Å². The summed E-state index contributed by atoms with van der Waals surface area (Å²) in [5, 5.41) is 11.8. The molecule has 11 heteroatoms. The van der Waals surface area contributed by atoms with E-state index in [1.54, 1.807) is 18.2 Å². The summed E-state index contributed by atoms with van der Waals surface area (Å²) in [5.74, 6) is 0.457. The Morgan fingerprint density at radius 2 is 2.12 bits per heavy atom. The van der Waals surface area contributed by atoms with Gasteiger partial charge in [-0.25, -0.2) is 15.3 Å². The zero-order valence-electron chi connectivity index (χ0n) is 13.5. The van der Waals surface area contributed by atoms with Gasteiger partial charge < -0.3 is 14.8 Å². The lowest BCUT2D eigenvalue weighted by Crippen LogP contribution is -2.31. The number of aromatic amines is 2. The summed E-state index contributed by atoms with van der Waals surface area (Å²) in [6.07, 6.45) is 1.39. The van der Waals surface area contributed by atoms with Gasteiger partial charge in [-0.1, -0.05) is 0 Å². The van der Waals surface area contributed by atoms with E-state index in [4.69, 9.17) is 9.47 Å². The highest BCUT2D eigenvalue weighted by Gasteiger charge is 2.06. The fraction of sp³-hybridized carbons (Fsp3) is 0.214. The Labute approximate surface area is 141 Å². The first-order valence-electron chi connectivity index (χ1n) is 7.00. The van der Waals surface area contributed by atoms with E-state index in [1.165, 1.54) is 20.4 Å². The number of nitrogens with zero attached hydrogens (tertiary/aromatic N) is 2. The van der Waals surface area contributed by atoms with Crippen LogP contribution >= 0.6 is 0 Å². The van der Waals surface area contributed by atoms with E-state index in [9.17, 15) is 14.4 Å². The van der Waals surface area contributed by atoms with Crippen molar-refractivity contribution in [2.24, 2.45) is 5.10 Å². The first-order valence-corrected chi connectivity index (χ1v) is 7.00. The second-order valence-corrected chi connectivity index (χ2v) is 4.61. The molecular weight excluding hydrogens is 332 g/mol. The minimum Gasteiger partial charge on any atom is -0.497 e. The largest absolute Gasteiger partial charge is 0.497 e. The molecule has 0 aliphatic rings. The van der Waals surface area contributed by atoms with Gasteiger partial charge in [0.15, 0.2) is 0 Å². The molecule has 0 radical (unpaired) electrons. The number of H-pyrrole nitrogens is 2. The van der Waals surface area contributed by atoms with Gasteiger partial charge in [0, 0.05) is 5.56 Å². The molecule has 4 N–H and O–H groups in total. The van der Waals surface area contributed by atoms with Gasteiger partial charge in [0.1, 0.15) is 11.5 Å². The van der Waals surface area contributed by atoms with Crippen molar-refractivity contribution < 1.29 is 14.3 Å². The number of benzene rings is 1. The molecule has 2 aromatic rings. The van der Waals surface area contributed by atoms with Gasteiger partial charge in [0.05, 0.1) is 27.0 Å². The third-order valence-corrected chi connectivity index (χ3v) is 2.96. The fourth-order valence-electron chi connectivity index (χ4n) is 1.79. The molecule has 0 spiro atoms. The van der Waals surface area contributed by atoms with Crippen LogP contribution in [0, 0.1) is 0 Å². The molecule has 1 heterocycles. The van der Waals surface area contributed by atoms with Crippen molar-refractivity contribution in [2.75, 3.05) is 26.1 Å². The highest BCUT2D eigenvalue weighted by atomic mass is 16.5. The molecule has 0 aliphatic carbocycles. The Morgan fingerprint density at radius 3 is 2.80 bits per heavy atom. The number of rotatable bonds is 7. The minimum atomic E-state index is -0.739. The smallest absolute Gasteiger partial charge is 0.342 e. The lowest BCUT2D eigenvalue weighted by Gasteiger charge is -2.07. The molecule has 1 aromatic carbocycles. The Morgan fingerprint density at radius 1 is 1.32 bits per heavy atom. The van der Waals surface area contributed by atoms with Crippen LogP contribution in [0.3, 0.4) is 0 Å². The number of hydrogen-bond donors (Lipinski definition) is 4. The van der Waals surface area contributed by atoms with Gasteiger partial charge in [-0.3, -0.25) is 14.6 Å². The van der Waals surface area contributed by atoms with E-state index < -0.39 is 17.2 Å². The first-order chi connectivity index (χ1) is 12.0. The highest BCUT2D eigenvalue weighted by Crippen LogP contribution is 2.22. The van der Waals surface area contributed by atoms with Crippen LogP contribution < -0.4 is 31.5 Å². The Bertz CT molecular complexity index is 888. The van der Waals surface area contributed by atoms with Crippen molar-refractivity contribution in [1.29, 1.82) is 0 Å². The number of methoxy groups -OCH3 is 2. The molecule has 0 atom stereocenters. The van der Waals surface area contributed by atoms with Crippen LogP contribution in [0.5, 0.6) is 11.5 Å². The molecule has 0 saturated heterocycles. The number of nitrogens with one attached hydrogen (secondary N) is 4. The molecule has 0 aliphatic heterocycles. The standard InChI is InChI=1S/C14H16N6O5/c1-24-9-3-4-10(25-2)8(5-9)6-16-18-11(21)7-15-12-13(22)17-14(23)20-19-12/h3-6H,7H2,1-2H3,(H,15,19)(H,18,21)(H2,17,20,22,23). The second-order valence-electron chi connectivity index (χ2n) is 4.61. The zero-order chi connectivity index (χ0) is 18.2. The Hall–Kier alpha value is -3.63. The maximum atomic E-state index is 11.7. The summed E-state index contributed by atoms with van der Waals surface area (Å²) in [6, 6.07) is 5.13. The summed E-state index contributed by atoms with van der Waals surface area (Å²) in [7, 11) is 3.04. The van der Waals surface area contributed by atoms with Gasteiger partial charge in [-0.2, -0.15) is 5.10 Å². The first kappa shape index (κ1) is 17.7. The number of ether oxygens (including phenoxy) is 2. The molecule has 0 unspecified atom stereocenters. The van der Waals surface area contributed by atoms with E-state index >= 15 is 0 Å². The molecule has 0 fully saturated rings. The third-order valence-electron chi connectivity index (χ3n) is 2.96. The predicted molar refractivity (Wildman–Crippen MR) is 89.3 cm³/mol. The molecular formula is C14H16N6O5. The van der Waals surface area contributed by atoms with Crippen molar-refractivity contribution in [3.63, 3.8) is 0 Å². The molecule has 11 nitrogen and oxygen atoms in total. The zero-order valence-corrected chi connectivity index (χ0v) is 13.5. The number of carbonyl (C=O) groups is 1. The van der Waals surface area contributed by atoms with Crippen molar-refractivity contribution in [1.82, 2.24) is 20.6 Å². The van der Waals surface area contributed by atoms with Crippen molar-refractivity contribution in [3.8, 4) is 11.5 Å². The van der Waals surface area contributed by atoms with Crippen LogP contribution in [-0.2, 0) is 4.79 Å². The summed E-state index contributed by atoms with van der Waals surface area (Å²) < 4.78 is 10.3. The van der Waals surface area contributed by atoms with Crippen molar-refractivity contribution >= 4 is 17.9 Å². The van der Waals surface area contributed by atoms with Gasteiger partial charge >= 0.3 is 5.69 Å². The number of aromatic nitrogens is 3. The lowest BCUT2D eigenvalue weighted by molar-refractivity contribution is -0.119. The van der Waals surface area contributed by atoms with Gasteiger partial charge in [-0.05, 0) is 18.2 Å². The normalized spacial score (nSPS) is 10.5. The number of anilines is 1. The van der Waals surface area contributed by atoms with Crippen molar-refractivity contribution in [2.45, 2.75) is 0 Å². The van der Waals surface area contributed by atoms with Gasteiger partial charge in [0.25, 0.3) is 11.5 Å². The van der Waals surface area contributed by atoms with Gasteiger partial charge in [-0.15, -0.1) is 5.10 Å². The summed E-state index contributed by atoms with van der Waals surface area (Å²) >= 11 is 0. The number of hydrogen-bond acceptors (Lipinski definition) is 8. The number of hydrazone groups is 1. The fourth-order valence-corrected chi connectivity index (χ4v) is 1.79. The topological polar surface area (TPSA) is 151 Å². The monoisotopic (exact) mass is 348 g/mol. The third kappa shape index (κ3) is 4.92. The second kappa shape index (κ2) is 8.29. The average Bonchev–Trinajstić information content (AvgIpc) is 2.60. The van der Waals surface area contributed by atoms with E-state index in [2.05, 4.69) is 20.9 Å². The average molecular weight is 348 g/mol. The molecule has 1 aromatic heterocycles. The maximum Gasteiger partial charge on any atom is 0.342 e. The number of carbonyl (C=O) groups excluding carboxylic acids is 1. The van der Waals surface area contributed by atoms with Crippen LogP contribution in [0.2, 0.25) is 0 Å². The Balaban J connectivity index is 1.94. The van der Waals surface area contributed by atoms with Crippen LogP contribution in [0.1, 0.15) is 5.56 Å². The van der Waals surface area contributed by atoms with Crippen molar-refractivity contribution in [3.05, 3.63) is 44.6 Å². The molecule has 25 heavy (non-hydrogen) atoms. The van der Waals surface area contributed by atoms with Crippen LogP contribution in [0.25, 0.3) is 0 Å². The molecule has 1 amide bonds. The van der Waals surface area contributed by atoms with Crippen LogP contribution in [0.4, 0.5) is 5.82 Å². The predicted octanol–water partition coefficient (Wildman–Crippen LogP) is -0.962. The summed E-state index contributed by atoms with van der Waals surface area (Å²) in [5.41, 5.74) is 1.41. The molecule has 2 rings (SSSR count). The van der Waals surface area contributed by atoms with E-state index in [-0.39, 0.29) is 12.4 Å². The molecule has 0 saturated carbocycles. The van der Waals surface area contributed by atoms with Crippen LogP contribution in [0.15, 0.2) is 32.9 Å². The van der Waals surface area contributed by atoms with Crippen LogP contribution in [-0.4, -0.2) is 48.1 Å². The van der Waals surface area contributed by atoms with E-state index in [0.29, 0.717) is 17.1 Å².